The van der Waals surface area contributed by atoms with Crippen molar-refractivity contribution in [1.82, 2.24) is 10.6 Å². The molecule has 0 spiro atoms. The molecule has 1 saturated heterocycles. The molecule has 1 saturated carbocycles. The minimum Gasteiger partial charge on any atom is -0.349 e. The van der Waals surface area contributed by atoms with Crippen LogP contribution < -0.4 is 21.7 Å². The van der Waals surface area contributed by atoms with Gasteiger partial charge in [0.2, 0.25) is 5.91 Å². The molecule has 2 aliphatic heterocycles. The van der Waals surface area contributed by atoms with Crippen molar-refractivity contribution in [3.8, 4) is 11.1 Å². The number of amidine groups is 1. The zero-order chi connectivity index (χ0) is 34.2. The molecule has 0 bridgehead atoms. The molecule has 10 nitrogen and oxygen atoms in total. The van der Waals surface area contributed by atoms with E-state index >= 15 is 0 Å². The zero-order valence-electron chi connectivity index (χ0n) is 28.3. The average Bonchev–Trinajstić information content (AvgIpc) is 3.67. The van der Waals surface area contributed by atoms with Gasteiger partial charge in [-0.1, -0.05) is 30.3 Å². The van der Waals surface area contributed by atoms with Crippen LogP contribution in [-0.4, -0.2) is 55.8 Å². The highest BCUT2D eigenvalue weighted by Crippen LogP contribution is 2.31. The van der Waals surface area contributed by atoms with Crippen molar-refractivity contribution in [3.63, 3.8) is 0 Å². The van der Waals surface area contributed by atoms with Crippen molar-refractivity contribution >= 4 is 29.1 Å². The third-order valence-corrected chi connectivity index (χ3v) is 10.1. The fraction of sp³-hybridized carbons (Fsp3) is 0.436. The number of Topliss-reactive ketones (excluding diaryl/α,β-unsaturated/α-hetero) is 1. The first kappa shape index (κ1) is 34.3. The van der Waals surface area contributed by atoms with E-state index in [-0.39, 0.29) is 36.0 Å². The lowest BCUT2D eigenvalue weighted by atomic mass is 9.77. The van der Waals surface area contributed by atoms with Crippen molar-refractivity contribution in [2.75, 3.05) is 31.6 Å². The van der Waals surface area contributed by atoms with E-state index < -0.39 is 5.92 Å². The molecular formula is C39H47N7O3. The Morgan fingerprint density at radius 1 is 0.878 bits per heavy atom. The largest absolute Gasteiger partial charge is 0.349 e. The summed E-state index contributed by atoms with van der Waals surface area (Å²) < 4.78 is 0. The number of rotatable bonds is 12. The predicted molar refractivity (Wildman–Crippen MR) is 193 cm³/mol. The zero-order valence-corrected chi connectivity index (χ0v) is 28.3. The summed E-state index contributed by atoms with van der Waals surface area (Å²) in [7, 11) is 0. The smallest absolute Gasteiger partial charge is 0.251 e. The summed E-state index contributed by atoms with van der Waals surface area (Å²) in [4.78, 5) is 44.7. The summed E-state index contributed by atoms with van der Waals surface area (Å²) in [6, 6.07) is 21.6. The molecule has 3 aliphatic rings. The van der Waals surface area contributed by atoms with Crippen LogP contribution in [0.1, 0.15) is 72.0 Å². The van der Waals surface area contributed by atoms with Gasteiger partial charge in [0.15, 0.2) is 12.5 Å². The first-order chi connectivity index (χ1) is 23.8. The second kappa shape index (κ2) is 16.2. The minimum atomic E-state index is -0.525. The van der Waals surface area contributed by atoms with Crippen LogP contribution in [0.25, 0.3) is 11.1 Å². The monoisotopic (exact) mass is 661 g/mol. The van der Waals surface area contributed by atoms with Gasteiger partial charge in [0.05, 0.1) is 0 Å². The topological polar surface area (TPSA) is 150 Å². The summed E-state index contributed by atoms with van der Waals surface area (Å²) in [6.45, 7) is 4.83. The highest BCUT2D eigenvalue weighted by atomic mass is 16.2. The number of anilines is 1. The number of nitrogens with two attached hydrogens (primary N) is 1. The fourth-order valence-electron chi connectivity index (χ4n) is 7.15. The van der Waals surface area contributed by atoms with Gasteiger partial charge < -0.3 is 21.7 Å². The Morgan fingerprint density at radius 3 is 2.27 bits per heavy atom. The maximum absolute atomic E-state index is 13.8. The lowest BCUT2D eigenvalue weighted by molar-refractivity contribution is -0.129. The second-order valence-electron chi connectivity index (χ2n) is 13.7. The molecule has 1 atom stereocenters. The van der Waals surface area contributed by atoms with Crippen LogP contribution in [0.3, 0.4) is 0 Å². The first-order valence-corrected chi connectivity index (χ1v) is 17.6. The standard InChI is InChI=1S/C39H47N7O3/c1-25-18-31(21-32(19-25)38(48)45-35-14-16-41-17-15-35)28-6-2-26(3-7-28)20-33(22-36(47)29-8-4-27(23-40)5-9-29)39(49)44-34-12-10-30(11-13-34)37-42-24-43-46-37/h2-3,6-7,10-13,18-19,21,27,29,33,35,41H,4-5,8-9,14-17,20,22-24,40H2,1H3,(H,44,49)(H,45,48)/t27?,29?,33-/m1/s1. The van der Waals surface area contributed by atoms with E-state index in [1.807, 2.05) is 67.6 Å². The number of aryl methyl sites for hydroxylation is 1. The maximum atomic E-state index is 13.8. The van der Waals surface area contributed by atoms with Gasteiger partial charge in [0, 0.05) is 41.1 Å². The Morgan fingerprint density at radius 2 is 1.59 bits per heavy atom. The van der Waals surface area contributed by atoms with E-state index in [1.165, 1.54) is 0 Å². The van der Waals surface area contributed by atoms with E-state index in [2.05, 4.69) is 37.2 Å². The Hall–Kier alpha value is -4.54. The van der Waals surface area contributed by atoms with Crippen LogP contribution in [0, 0.1) is 24.7 Å². The lowest BCUT2D eigenvalue weighted by Crippen LogP contribution is -2.42. The number of carbonyl (C=O) groups excluding carboxylic acids is 3. The number of carbonyl (C=O) groups is 3. The number of ketones is 1. The van der Waals surface area contributed by atoms with Crippen molar-refractivity contribution in [1.29, 1.82) is 0 Å². The van der Waals surface area contributed by atoms with E-state index in [0.29, 0.717) is 42.6 Å². The molecule has 2 fully saturated rings. The third-order valence-electron chi connectivity index (χ3n) is 10.1. The Balaban J connectivity index is 1.15. The molecular weight excluding hydrogens is 614 g/mol. The average molecular weight is 662 g/mol. The van der Waals surface area contributed by atoms with Gasteiger partial charge in [0.1, 0.15) is 5.78 Å². The molecule has 3 aromatic rings. The SMILES string of the molecule is Cc1cc(C(=O)NC2CCNCC2)cc(-c2ccc(C[C@H](CC(=O)C3CCC(CN)CC3)C(=O)Nc3ccc(C4=NCN=N4)cc3)cc2)c1. The van der Waals surface area contributed by atoms with Crippen LogP contribution in [0.5, 0.6) is 0 Å². The number of nitrogens with one attached hydrogen (secondary N) is 3. The van der Waals surface area contributed by atoms with E-state index in [0.717, 1.165) is 79.4 Å². The van der Waals surface area contributed by atoms with Gasteiger partial charge >= 0.3 is 0 Å². The van der Waals surface area contributed by atoms with Gasteiger partial charge in [-0.05, 0) is 136 Å². The van der Waals surface area contributed by atoms with Crippen LogP contribution in [0.15, 0.2) is 82.0 Å². The number of aliphatic imine (C=N–C) groups is 1. The summed E-state index contributed by atoms with van der Waals surface area (Å²) in [5.74, 6) is 0.442. The highest BCUT2D eigenvalue weighted by molar-refractivity contribution is 6.01. The van der Waals surface area contributed by atoms with Gasteiger partial charge in [-0.15, -0.1) is 5.11 Å². The lowest BCUT2D eigenvalue weighted by Gasteiger charge is -2.27. The van der Waals surface area contributed by atoms with Gasteiger partial charge in [-0.25, -0.2) is 4.99 Å². The molecule has 256 valence electrons. The minimum absolute atomic E-state index is 0.0244. The van der Waals surface area contributed by atoms with Gasteiger partial charge in [-0.3, -0.25) is 14.4 Å². The van der Waals surface area contributed by atoms with E-state index in [4.69, 9.17) is 5.73 Å². The fourth-order valence-corrected chi connectivity index (χ4v) is 7.15. The number of azo groups is 1. The van der Waals surface area contributed by atoms with Crippen LogP contribution in [-0.2, 0) is 16.0 Å². The summed E-state index contributed by atoms with van der Waals surface area (Å²) >= 11 is 0. The summed E-state index contributed by atoms with van der Waals surface area (Å²) in [5, 5.41) is 17.5. The normalized spacial score (nSPS) is 20.0. The maximum Gasteiger partial charge on any atom is 0.251 e. The second-order valence-corrected chi connectivity index (χ2v) is 13.7. The van der Waals surface area contributed by atoms with E-state index in [1.54, 1.807) is 0 Å². The number of nitrogens with zero attached hydrogens (tertiary/aromatic N) is 3. The van der Waals surface area contributed by atoms with Gasteiger partial charge in [0.25, 0.3) is 5.91 Å². The molecule has 2 amide bonds. The van der Waals surface area contributed by atoms with Gasteiger partial charge in [-0.2, -0.15) is 5.11 Å². The molecule has 6 rings (SSSR count). The van der Waals surface area contributed by atoms with Crippen molar-refractivity contribution in [2.45, 2.75) is 64.3 Å². The van der Waals surface area contributed by atoms with E-state index in [9.17, 15) is 14.4 Å². The number of amides is 2. The summed E-state index contributed by atoms with van der Waals surface area (Å²) in [6.07, 6.45) is 6.08. The molecule has 1 aliphatic carbocycles. The molecule has 0 aromatic heterocycles. The molecule has 0 radical (unpaired) electrons. The number of hydrogen-bond acceptors (Lipinski definition) is 8. The van der Waals surface area contributed by atoms with Crippen molar-refractivity contribution < 1.29 is 14.4 Å². The van der Waals surface area contributed by atoms with Crippen LogP contribution in [0.4, 0.5) is 5.69 Å². The molecule has 5 N–H and O–H groups in total. The Labute approximate surface area is 288 Å². The number of piperidine rings is 1. The van der Waals surface area contributed by atoms with Crippen molar-refractivity contribution in [2.24, 2.45) is 38.7 Å². The quantitative estimate of drug-likeness (QED) is 0.193. The Kier molecular flexibility index (Phi) is 11.4. The molecule has 0 unspecified atom stereocenters. The van der Waals surface area contributed by atoms with Crippen molar-refractivity contribution in [3.05, 3.63) is 89.0 Å². The highest BCUT2D eigenvalue weighted by Gasteiger charge is 2.30. The first-order valence-electron chi connectivity index (χ1n) is 17.6. The summed E-state index contributed by atoms with van der Waals surface area (Å²) in [5.41, 5.74) is 12.0. The predicted octanol–water partition coefficient (Wildman–Crippen LogP) is 5.84. The Bertz CT molecular complexity index is 1690. The number of benzene rings is 3. The molecule has 10 heteroatoms. The molecule has 2 heterocycles. The third kappa shape index (κ3) is 9.13. The molecule has 49 heavy (non-hydrogen) atoms. The van der Waals surface area contributed by atoms with Crippen LogP contribution >= 0.6 is 0 Å². The number of hydrogen-bond donors (Lipinski definition) is 4. The molecule has 3 aromatic carbocycles. The van der Waals surface area contributed by atoms with Crippen LogP contribution in [0.2, 0.25) is 0 Å².